The average molecular weight is 317 g/mol. The van der Waals surface area contributed by atoms with Gasteiger partial charge in [0.25, 0.3) is 10.2 Å². The average Bonchev–Trinajstić information content (AvgIpc) is 2.45. The predicted molar refractivity (Wildman–Crippen MR) is 88.5 cm³/mol. The van der Waals surface area contributed by atoms with Crippen LogP contribution in [-0.2, 0) is 10.2 Å². The first-order chi connectivity index (χ1) is 9.89. The molecule has 0 aliphatic carbocycles. The van der Waals surface area contributed by atoms with Crippen LogP contribution in [0, 0.1) is 0 Å². The van der Waals surface area contributed by atoms with Crippen LogP contribution in [0.15, 0.2) is 12.7 Å². The normalized spacial score (nSPS) is 21.1. The summed E-state index contributed by atoms with van der Waals surface area (Å²) in [4.78, 5) is 0. The summed E-state index contributed by atoms with van der Waals surface area (Å²) >= 11 is 0. The van der Waals surface area contributed by atoms with E-state index in [9.17, 15) is 8.42 Å². The van der Waals surface area contributed by atoms with Crippen LogP contribution in [-0.4, -0.2) is 55.8 Å². The highest BCUT2D eigenvalue weighted by Crippen LogP contribution is 2.22. The molecule has 1 fully saturated rings. The molecule has 124 valence electrons. The van der Waals surface area contributed by atoms with Crippen LogP contribution < -0.4 is 5.32 Å². The summed E-state index contributed by atoms with van der Waals surface area (Å²) in [5.41, 5.74) is 0. The van der Waals surface area contributed by atoms with Gasteiger partial charge < -0.3 is 5.32 Å². The molecule has 0 saturated carbocycles. The summed E-state index contributed by atoms with van der Waals surface area (Å²) in [6, 6.07) is 0.454. The molecule has 0 aromatic rings. The van der Waals surface area contributed by atoms with Gasteiger partial charge in [0.05, 0.1) is 0 Å². The number of piperidine rings is 1. The van der Waals surface area contributed by atoms with E-state index in [0.29, 0.717) is 19.1 Å². The van der Waals surface area contributed by atoms with Crippen molar-refractivity contribution in [2.45, 2.75) is 58.0 Å². The highest BCUT2D eigenvalue weighted by atomic mass is 32.2. The molecule has 0 radical (unpaired) electrons. The SMILES string of the molecule is C=CCCCN(C)S(=O)(=O)N1CCCCC1CNC(C)C. The zero-order valence-corrected chi connectivity index (χ0v) is 14.5. The van der Waals surface area contributed by atoms with E-state index in [-0.39, 0.29) is 6.04 Å². The first-order valence-corrected chi connectivity index (χ1v) is 9.36. The Labute approximate surface area is 130 Å². The molecule has 0 amide bonds. The van der Waals surface area contributed by atoms with E-state index in [0.717, 1.165) is 38.6 Å². The van der Waals surface area contributed by atoms with Crippen molar-refractivity contribution in [2.75, 3.05) is 26.7 Å². The fourth-order valence-electron chi connectivity index (χ4n) is 2.61. The molecule has 0 spiro atoms. The zero-order valence-electron chi connectivity index (χ0n) is 13.7. The smallest absolute Gasteiger partial charge is 0.282 e. The second kappa shape index (κ2) is 8.88. The fourth-order valence-corrected chi connectivity index (χ4v) is 4.24. The molecule has 1 unspecified atom stereocenters. The number of nitrogens with zero attached hydrogens (tertiary/aromatic N) is 2. The van der Waals surface area contributed by atoms with Gasteiger partial charge in [0.2, 0.25) is 0 Å². The third kappa shape index (κ3) is 5.70. The van der Waals surface area contributed by atoms with Gasteiger partial charge >= 0.3 is 0 Å². The van der Waals surface area contributed by atoms with Crippen molar-refractivity contribution in [3.8, 4) is 0 Å². The van der Waals surface area contributed by atoms with E-state index >= 15 is 0 Å². The lowest BCUT2D eigenvalue weighted by Crippen LogP contribution is -2.53. The fraction of sp³-hybridized carbons (Fsp3) is 0.867. The highest BCUT2D eigenvalue weighted by molar-refractivity contribution is 7.86. The number of rotatable bonds is 9. The van der Waals surface area contributed by atoms with Gasteiger partial charge in [-0.05, 0) is 25.7 Å². The van der Waals surface area contributed by atoms with Gasteiger partial charge in [-0.25, -0.2) is 0 Å². The summed E-state index contributed by atoms with van der Waals surface area (Å²) in [5, 5.41) is 3.37. The lowest BCUT2D eigenvalue weighted by Gasteiger charge is -2.37. The quantitative estimate of drug-likeness (QED) is 0.522. The third-order valence-corrected chi connectivity index (χ3v) is 5.95. The maximum Gasteiger partial charge on any atom is 0.282 e. The molecule has 21 heavy (non-hydrogen) atoms. The Morgan fingerprint density at radius 1 is 1.43 bits per heavy atom. The van der Waals surface area contributed by atoms with Crippen LogP contribution >= 0.6 is 0 Å². The molecule has 1 saturated heterocycles. The Morgan fingerprint density at radius 3 is 2.76 bits per heavy atom. The lowest BCUT2D eigenvalue weighted by atomic mass is 10.0. The molecule has 1 N–H and O–H groups in total. The molecule has 0 aromatic heterocycles. The van der Waals surface area contributed by atoms with Gasteiger partial charge in [-0.3, -0.25) is 0 Å². The van der Waals surface area contributed by atoms with Crippen LogP contribution in [0.5, 0.6) is 0 Å². The number of unbranched alkanes of at least 4 members (excludes halogenated alkanes) is 1. The molecule has 0 bridgehead atoms. The largest absolute Gasteiger partial charge is 0.313 e. The summed E-state index contributed by atoms with van der Waals surface area (Å²) in [6.45, 7) is 9.77. The number of hydrogen-bond donors (Lipinski definition) is 1. The van der Waals surface area contributed by atoms with E-state index in [1.165, 1.54) is 4.31 Å². The van der Waals surface area contributed by atoms with Crippen molar-refractivity contribution in [1.82, 2.24) is 13.9 Å². The van der Waals surface area contributed by atoms with E-state index in [4.69, 9.17) is 0 Å². The van der Waals surface area contributed by atoms with Gasteiger partial charge in [-0.1, -0.05) is 26.3 Å². The van der Waals surface area contributed by atoms with E-state index in [1.54, 1.807) is 11.4 Å². The van der Waals surface area contributed by atoms with Gasteiger partial charge in [0.1, 0.15) is 0 Å². The molecule has 5 nitrogen and oxygen atoms in total. The van der Waals surface area contributed by atoms with Crippen LogP contribution in [0.1, 0.15) is 46.0 Å². The number of allylic oxidation sites excluding steroid dienone is 1. The molecule has 1 atom stereocenters. The molecule has 1 heterocycles. The van der Waals surface area contributed by atoms with Crippen molar-refractivity contribution >= 4 is 10.2 Å². The minimum absolute atomic E-state index is 0.0769. The summed E-state index contributed by atoms with van der Waals surface area (Å²) in [5.74, 6) is 0. The van der Waals surface area contributed by atoms with Crippen LogP contribution in [0.25, 0.3) is 0 Å². The molecule has 0 aromatic carbocycles. The molecule has 1 aliphatic rings. The van der Waals surface area contributed by atoms with Crippen LogP contribution in [0.4, 0.5) is 0 Å². The van der Waals surface area contributed by atoms with Gasteiger partial charge in [-0.15, -0.1) is 6.58 Å². The maximum atomic E-state index is 12.7. The minimum Gasteiger partial charge on any atom is -0.313 e. The second-order valence-corrected chi connectivity index (χ2v) is 8.07. The van der Waals surface area contributed by atoms with Gasteiger partial charge in [0, 0.05) is 38.8 Å². The Balaban J connectivity index is 2.69. The molecular weight excluding hydrogens is 286 g/mol. The van der Waals surface area contributed by atoms with Crippen LogP contribution in [0.3, 0.4) is 0 Å². The number of nitrogens with one attached hydrogen (secondary N) is 1. The molecule has 1 rings (SSSR count). The zero-order chi connectivity index (χ0) is 15.9. The van der Waals surface area contributed by atoms with E-state index in [2.05, 4.69) is 25.7 Å². The van der Waals surface area contributed by atoms with Crippen LogP contribution in [0.2, 0.25) is 0 Å². The van der Waals surface area contributed by atoms with Crippen molar-refractivity contribution in [3.63, 3.8) is 0 Å². The standard InChI is InChI=1S/C15H31N3O2S/c1-5-6-8-11-17(4)21(19,20)18-12-9-7-10-15(18)13-16-14(2)3/h5,14-16H,1,6-13H2,2-4H3. The summed E-state index contributed by atoms with van der Waals surface area (Å²) < 4.78 is 28.7. The minimum atomic E-state index is -3.35. The Kier molecular flexibility index (Phi) is 7.87. The number of hydrogen-bond acceptors (Lipinski definition) is 3. The first kappa shape index (κ1) is 18.6. The molecule has 6 heteroatoms. The summed E-state index contributed by atoms with van der Waals surface area (Å²) in [6.07, 6.45) is 6.50. The monoisotopic (exact) mass is 317 g/mol. The summed E-state index contributed by atoms with van der Waals surface area (Å²) in [7, 11) is -1.67. The van der Waals surface area contributed by atoms with Crippen molar-refractivity contribution in [2.24, 2.45) is 0 Å². The van der Waals surface area contributed by atoms with E-state index < -0.39 is 10.2 Å². The second-order valence-electron chi connectivity index (χ2n) is 6.08. The molecular formula is C15H31N3O2S. The topological polar surface area (TPSA) is 52.7 Å². The first-order valence-electron chi connectivity index (χ1n) is 7.97. The van der Waals surface area contributed by atoms with Crippen molar-refractivity contribution < 1.29 is 8.42 Å². The highest BCUT2D eigenvalue weighted by Gasteiger charge is 2.34. The van der Waals surface area contributed by atoms with Gasteiger partial charge in [-0.2, -0.15) is 17.0 Å². The van der Waals surface area contributed by atoms with Crippen molar-refractivity contribution in [1.29, 1.82) is 0 Å². The predicted octanol–water partition coefficient (Wildman–Crippen LogP) is 1.98. The maximum absolute atomic E-state index is 12.7. The van der Waals surface area contributed by atoms with Gasteiger partial charge in [0.15, 0.2) is 0 Å². The third-order valence-electron chi connectivity index (χ3n) is 3.91. The Bertz CT molecular complexity index is 409. The van der Waals surface area contributed by atoms with Crippen molar-refractivity contribution in [3.05, 3.63) is 12.7 Å². The lowest BCUT2D eigenvalue weighted by molar-refractivity contribution is 0.227. The Hall–Kier alpha value is -0.430. The Morgan fingerprint density at radius 2 is 2.14 bits per heavy atom. The van der Waals surface area contributed by atoms with E-state index in [1.807, 2.05) is 6.08 Å². The molecule has 1 aliphatic heterocycles.